The van der Waals surface area contributed by atoms with Gasteiger partial charge in [-0.15, -0.1) is 0 Å². The lowest BCUT2D eigenvalue weighted by Gasteiger charge is -2.29. The number of alkyl carbamates (subject to hydrolysis) is 1. The van der Waals surface area contributed by atoms with E-state index >= 15 is 4.39 Å². The summed E-state index contributed by atoms with van der Waals surface area (Å²) < 4.78 is 38.0. The number of amides is 5. The lowest BCUT2D eigenvalue weighted by atomic mass is 10.1. The number of fused-ring (bicyclic) bond motifs is 1. The fraction of sp³-hybridized carbons (Fsp3) is 0.471. The third kappa shape index (κ3) is 19.9. The molecule has 0 aliphatic rings. The summed E-state index contributed by atoms with van der Waals surface area (Å²) in [5.41, 5.74) is -0.697. The third-order valence-corrected chi connectivity index (χ3v) is 9.99. The van der Waals surface area contributed by atoms with Gasteiger partial charge < -0.3 is 44.7 Å². The summed E-state index contributed by atoms with van der Waals surface area (Å²) in [4.78, 5) is 68.5. The maximum absolute atomic E-state index is 15.8. The summed E-state index contributed by atoms with van der Waals surface area (Å²) in [6.07, 6.45) is -0.521. The Hall–Kier alpha value is -6.29. The van der Waals surface area contributed by atoms with Gasteiger partial charge in [-0.2, -0.15) is 0 Å². The molecule has 0 heterocycles. The summed E-state index contributed by atoms with van der Waals surface area (Å²) in [6.45, 7) is 17.8. The smallest absolute Gasteiger partial charge is 0.411 e. The van der Waals surface area contributed by atoms with Crippen molar-refractivity contribution in [2.45, 2.75) is 118 Å². The number of benzene rings is 4. The Balaban J connectivity index is 1.40. The van der Waals surface area contributed by atoms with Crippen LogP contribution in [-0.2, 0) is 32.1 Å². The van der Waals surface area contributed by atoms with E-state index in [2.05, 4.69) is 21.3 Å². The Bertz CT molecular complexity index is 2330. The van der Waals surface area contributed by atoms with Crippen LogP contribution in [-0.4, -0.2) is 96.2 Å². The highest BCUT2D eigenvalue weighted by Gasteiger charge is 2.25. The molecule has 0 aromatic heterocycles. The molecule has 15 nitrogen and oxygen atoms in total. The van der Waals surface area contributed by atoms with Crippen molar-refractivity contribution in [3.8, 4) is 0 Å². The van der Waals surface area contributed by atoms with Gasteiger partial charge in [-0.05, 0) is 140 Å². The minimum absolute atomic E-state index is 0.0106. The molecule has 0 bridgehead atoms. The maximum atomic E-state index is 15.8. The second-order valence-corrected chi connectivity index (χ2v) is 19.7. The highest BCUT2D eigenvalue weighted by Crippen LogP contribution is 2.26. The van der Waals surface area contributed by atoms with Gasteiger partial charge in [-0.3, -0.25) is 10.1 Å². The molecule has 68 heavy (non-hydrogen) atoms. The molecule has 0 atom stereocenters. The van der Waals surface area contributed by atoms with Crippen molar-refractivity contribution >= 4 is 64.0 Å². The Kier molecular flexibility index (Phi) is 20.1. The zero-order valence-corrected chi connectivity index (χ0v) is 41.6. The number of unbranched alkanes of at least 4 members (excludes halogenated alkanes) is 1. The zero-order chi connectivity index (χ0) is 50.1. The minimum atomic E-state index is -0.847. The molecule has 0 aliphatic carbocycles. The van der Waals surface area contributed by atoms with E-state index < -0.39 is 52.9 Å². The quantitative estimate of drug-likeness (QED) is 0.0492. The van der Waals surface area contributed by atoms with Crippen LogP contribution in [0, 0.1) is 5.82 Å². The molecule has 4 aromatic carbocycles. The van der Waals surface area contributed by atoms with E-state index in [9.17, 15) is 24.0 Å². The summed E-state index contributed by atoms with van der Waals surface area (Å²) in [7, 11) is 0. The topological polar surface area (TPSA) is 177 Å². The monoisotopic (exact) mass is 962 g/mol. The Morgan fingerprint density at radius 3 is 1.72 bits per heavy atom. The van der Waals surface area contributed by atoms with Crippen molar-refractivity contribution in [2.75, 3.05) is 49.9 Å². The molecule has 17 heteroatoms. The van der Waals surface area contributed by atoms with Gasteiger partial charge in [0.15, 0.2) is 0 Å². The summed E-state index contributed by atoms with van der Waals surface area (Å²) in [5.74, 6) is -1.37. The third-order valence-electron chi connectivity index (χ3n) is 9.74. The van der Waals surface area contributed by atoms with Crippen molar-refractivity contribution in [1.82, 2.24) is 20.4 Å². The van der Waals surface area contributed by atoms with Crippen molar-refractivity contribution in [3.63, 3.8) is 0 Å². The zero-order valence-electron chi connectivity index (χ0n) is 40.8. The van der Waals surface area contributed by atoms with E-state index in [-0.39, 0.29) is 43.2 Å². The molecule has 4 N–H and O–H groups in total. The first-order valence-corrected chi connectivity index (χ1v) is 23.3. The van der Waals surface area contributed by atoms with Gasteiger partial charge in [0, 0.05) is 50.8 Å². The maximum Gasteiger partial charge on any atom is 0.411 e. The van der Waals surface area contributed by atoms with Crippen LogP contribution in [0.2, 0.25) is 5.02 Å². The molecule has 0 spiro atoms. The van der Waals surface area contributed by atoms with Gasteiger partial charge in [0.2, 0.25) is 0 Å². The van der Waals surface area contributed by atoms with Crippen LogP contribution in [0.25, 0.3) is 10.8 Å². The number of hydrogen-bond acceptors (Lipinski definition) is 10. The summed E-state index contributed by atoms with van der Waals surface area (Å²) >= 11 is 6.02. The van der Waals surface area contributed by atoms with Gasteiger partial charge >= 0.3 is 24.4 Å². The lowest BCUT2D eigenvalue weighted by Crippen LogP contribution is -2.40. The molecular formula is C51H68ClFN6O9. The number of nitrogens with zero attached hydrogens (tertiary/aromatic N) is 2. The van der Waals surface area contributed by atoms with Gasteiger partial charge in [0.05, 0.1) is 16.9 Å². The molecule has 0 saturated carbocycles. The first kappa shape index (κ1) is 54.3. The van der Waals surface area contributed by atoms with Crippen LogP contribution < -0.4 is 21.3 Å². The highest BCUT2D eigenvalue weighted by molar-refractivity contribution is 6.30. The molecule has 4 rings (SSSR count). The Labute approximate surface area is 404 Å². The number of rotatable bonds is 20. The molecule has 0 radical (unpaired) electrons. The predicted molar refractivity (Wildman–Crippen MR) is 264 cm³/mol. The highest BCUT2D eigenvalue weighted by atomic mass is 35.5. The molecule has 0 aliphatic heterocycles. The van der Waals surface area contributed by atoms with Crippen LogP contribution in [0.3, 0.4) is 0 Å². The van der Waals surface area contributed by atoms with Crippen molar-refractivity contribution in [2.24, 2.45) is 0 Å². The van der Waals surface area contributed by atoms with Crippen LogP contribution in [0.15, 0.2) is 78.9 Å². The molecule has 4 aromatic rings. The van der Waals surface area contributed by atoms with Crippen molar-refractivity contribution < 1.29 is 47.3 Å². The molecular weight excluding hydrogens is 895 g/mol. The molecule has 0 fully saturated rings. The Morgan fingerprint density at radius 2 is 1.13 bits per heavy atom. The van der Waals surface area contributed by atoms with Crippen molar-refractivity contribution in [3.05, 3.63) is 106 Å². The second kappa shape index (κ2) is 25.2. The summed E-state index contributed by atoms with van der Waals surface area (Å²) in [5, 5.41) is 13.7. The fourth-order valence-electron chi connectivity index (χ4n) is 6.62. The average molecular weight is 964 g/mol. The normalized spacial score (nSPS) is 11.6. The number of ether oxygens (including phenoxy) is 4. The fourth-order valence-corrected chi connectivity index (χ4v) is 6.74. The largest absolute Gasteiger partial charge is 0.444 e. The number of halogens is 2. The summed E-state index contributed by atoms with van der Waals surface area (Å²) in [6, 6.07) is 22.8. The van der Waals surface area contributed by atoms with Crippen LogP contribution in [0.1, 0.15) is 109 Å². The van der Waals surface area contributed by atoms with E-state index in [1.807, 2.05) is 42.5 Å². The van der Waals surface area contributed by atoms with Gasteiger partial charge in [-0.25, -0.2) is 23.6 Å². The Morgan fingerprint density at radius 1 is 0.588 bits per heavy atom. The lowest BCUT2D eigenvalue weighted by molar-refractivity contribution is 0.0208. The first-order chi connectivity index (χ1) is 31.9. The molecule has 0 saturated heterocycles. The van der Waals surface area contributed by atoms with Gasteiger partial charge in [0.1, 0.15) is 29.2 Å². The first-order valence-electron chi connectivity index (χ1n) is 22.9. The van der Waals surface area contributed by atoms with Gasteiger partial charge in [0.25, 0.3) is 5.91 Å². The van der Waals surface area contributed by atoms with Crippen LogP contribution in [0.5, 0.6) is 0 Å². The minimum Gasteiger partial charge on any atom is -0.444 e. The van der Waals surface area contributed by atoms with E-state index in [0.717, 1.165) is 28.0 Å². The van der Waals surface area contributed by atoms with E-state index in [1.54, 1.807) is 96.4 Å². The van der Waals surface area contributed by atoms with Crippen molar-refractivity contribution in [1.29, 1.82) is 0 Å². The molecule has 370 valence electrons. The molecule has 0 unspecified atom stereocenters. The van der Waals surface area contributed by atoms with Gasteiger partial charge in [-0.1, -0.05) is 60.1 Å². The van der Waals surface area contributed by atoms with E-state index in [1.165, 1.54) is 6.07 Å². The molecule has 5 amide bonds. The SMILES string of the molecule is CC(C)(C)OC(=O)NCCCN(CCCCN(CCCNc1cc(NC(=O)OCc2ccc3ccccc3c2)c(C(=O)NCc2ccc(Cl)cc2)cc1F)C(=O)OC(C)(C)C)C(=O)OC(C)(C)C. The second-order valence-electron chi connectivity index (χ2n) is 19.3. The standard InChI is InChI=1S/C51H68ClFN6O9/c1-49(2,3)66-45(61)55-25-15-29-59(48(64)68-51(7,8)9)27-13-12-26-58(47(63)67-50(4,5)6)28-14-24-54-43-32-42(40(31-41(43)53)44(60)56-33-35-19-22-39(52)23-20-35)57-46(62)65-34-36-18-21-37-16-10-11-17-38(37)30-36/h10-11,16-23,30-32,54H,12-15,24-29,33-34H2,1-9H3,(H,55,61)(H,56,60)(H,57,62). The van der Waals surface area contributed by atoms with E-state index in [0.29, 0.717) is 56.9 Å². The van der Waals surface area contributed by atoms with E-state index in [4.69, 9.17) is 30.5 Å². The number of nitrogens with one attached hydrogen (secondary N) is 4. The number of anilines is 2. The average Bonchev–Trinajstić information content (AvgIpc) is 3.24. The number of carbonyl (C=O) groups is 5. The predicted octanol–water partition coefficient (Wildman–Crippen LogP) is 11.3. The van der Waals surface area contributed by atoms with Crippen LogP contribution >= 0.6 is 11.6 Å². The van der Waals surface area contributed by atoms with Crippen LogP contribution in [0.4, 0.5) is 34.9 Å². The number of carbonyl (C=O) groups excluding carboxylic acids is 5. The number of hydrogen-bond donors (Lipinski definition) is 4.